The van der Waals surface area contributed by atoms with Crippen molar-refractivity contribution in [3.63, 3.8) is 0 Å². The highest BCUT2D eigenvalue weighted by molar-refractivity contribution is 6.80. The molecule has 4 rings (SSSR count). The Balaban J connectivity index is 1.75. The molecule has 37 heavy (non-hydrogen) atoms. The van der Waals surface area contributed by atoms with Crippen LogP contribution in [-0.2, 0) is 21.2 Å². The van der Waals surface area contributed by atoms with E-state index >= 15 is 0 Å². The van der Waals surface area contributed by atoms with Gasteiger partial charge in [0.25, 0.3) is 9.04 Å². The minimum atomic E-state index is -1.50. The minimum Gasteiger partial charge on any atom is -0.496 e. The predicted octanol–water partition coefficient (Wildman–Crippen LogP) is 5.77. The highest BCUT2D eigenvalue weighted by Crippen LogP contribution is 2.38. The molecule has 0 amide bonds. The van der Waals surface area contributed by atoms with Crippen LogP contribution in [0, 0.1) is 0 Å². The van der Waals surface area contributed by atoms with E-state index < -0.39 is 15.0 Å². The van der Waals surface area contributed by atoms with Gasteiger partial charge in [0.15, 0.2) is 0 Å². The van der Waals surface area contributed by atoms with Gasteiger partial charge in [0.2, 0.25) is 0 Å². The van der Waals surface area contributed by atoms with Crippen LogP contribution in [0.3, 0.4) is 0 Å². The van der Waals surface area contributed by atoms with Crippen LogP contribution in [0.5, 0.6) is 5.75 Å². The van der Waals surface area contributed by atoms with Crippen molar-refractivity contribution in [3.05, 3.63) is 114 Å². The van der Waals surface area contributed by atoms with Gasteiger partial charge in [0, 0.05) is 11.1 Å². The van der Waals surface area contributed by atoms with E-state index in [1.165, 1.54) is 23.0 Å². The number of carbonyl (C=O) groups is 1. The van der Waals surface area contributed by atoms with Gasteiger partial charge in [-0.1, -0.05) is 112 Å². The van der Waals surface area contributed by atoms with Crippen molar-refractivity contribution in [3.8, 4) is 16.9 Å². The van der Waals surface area contributed by atoms with E-state index in [0.29, 0.717) is 23.5 Å². The lowest BCUT2D eigenvalue weighted by Crippen LogP contribution is -2.44. The standard InChI is InChI=1S/C32H33O4Si/c1-32(2,3)25-19-16-23(17-20-25)29-28(31(33)35-5)21-18-24(30(29)34-4)22-36-37(26-12-8-6-9-13-26)27-14-10-7-11-15-27/h6-21H,22H2,1-5H3. The molecule has 4 nitrogen and oxygen atoms in total. The molecule has 0 bridgehead atoms. The molecular formula is C32H33O4Si. The number of hydrogen-bond donors (Lipinski definition) is 0. The molecule has 0 fully saturated rings. The van der Waals surface area contributed by atoms with Gasteiger partial charge in [-0.3, -0.25) is 0 Å². The van der Waals surface area contributed by atoms with Crippen molar-refractivity contribution in [2.75, 3.05) is 14.2 Å². The number of carbonyl (C=O) groups excluding carboxylic acids is 1. The van der Waals surface area contributed by atoms with Gasteiger partial charge in [-0.15, -0.1) is 0 Å². The first-order valence-electron chi connectivity index (χ1n) is 12.3. The topological polar surface area (TPSA) is 44.8 Å². The van der Waals surface area contributed by atoms with E-state index in [4.69, 9.17) is 13.9 Å². The highest BCUT2D eigenvalue weighted by Gasteiger charge is 2.24. The van der Waals surface area contributed by atoms with E-state index in [-0.39, 0.29) is 5.41 Å². The summed E-state index contributed by atoms with van der Waals surface area (Å²) in [7, 11) is 1.53. The van der Waals surface area contributed by atoms with Gasteiger partial charge in [0.1, 0.15) is 5.75 Å². The van der Waals surface area contributed by atoms with Gasteiger partial charge in [-0.05, 0) is 33.0 Å². The molecule has 0 aliphatic rings. The first kappa shape index (κ1) is 26.4. The lowest BCUT2D eigenvalue weighted by Gasteiger charge is -2.22. The maximum absolute atomic E-state index is 12.7. The monoisotopic (exact) mass is 509 g/mol. The first-order valence-corrected chi connectivity index (χ1v) is 13.7. The predicted molar refractivity (Wildman–Crippen MR) is 151 cm³/mol. The zero-order valence-electron chi connectivity index (χ0n) is 22.1. The average molecular weight is 510 g/mol. The summed E-state index contributed by atoms with van der Waals surface area (Å²) in [5, 5.41) is 2.34. The third kappa shape index (κ3) is 6.01. The number of rotatable bonds is 8. The smallest absolute Gasteiger partial charge is 0.338 e. The molecule has 1 radical (unpaired) electrons. The van der Waals surface area contributed by atoms with Crippen molar-refractivity contribution >= 4 is 25.4 Å². The van der Waals surface area contributed by atoms with Gasteiger partial charge >= 0.3 is 5.97 Å². The molecule has 0 aromatic heterocycles. The largest absolute Gasteiger partial charge is 0.496 e. The highest BCUT2D eigenvalue weighted by atomic mass is 28.3. The number of esters is 1. The van der Waals surface area contributed by atoms with Crippen LogP contribution in [0.4, 0.5) is 0 Å². The maximum Gasteiger partial charge on any atom is 0.338 e. The summed E-state index contributed by atoms with van der Waals surface area (Å²) in [6, 6.07) is 32.6. The second-order valence-electron chi connectivity index (χ2n) is 9.85. The fourth-order valence-electron chi connectivity index (χ4n) is 4.34. The van der Waals surface area contributed by atoms with E-state index in [1.807, 2.05) is 54.6 Å². The zero-order valence-corrected chi connectivity index (χ0v) is 23.1. The number of methoxy groups -OCH3 is 2. The van der Waals surface area contributed by atoms with Crippen molar-refractivity contribution in [1.29, 1.82) is 0 Å². The Bertz CT molecular complexity index is 1290. The Morgan fingerprint density at radius 1 is 0.757 bits per heavy atom. The third-order valence-electron chi connectivity index (χ3n) is 6.33. The fraction of sp³-hybridized carbons (Fsp3) is 0.219. The molecule has 0 aliphatic carbocycles. The van der Waals surface area contributed by atoms with Crippen molar-refractivity contribution in [2.24, 2.45) is 0 Å². The summed E-state index contributed by atoms with van der Waals surface area (Å²) in [6.45, 7) is 6.88. The van der Waals surface area contributed by atoms with E-state index in [0.717, 1.165) is 11.1 Å². The van der Waals surface area contributed by atoms with Crippen LogP contribution in [0.2, 0.25) is 0 Å². The summed E-state index contributed by atoms with van der Waals surface area (Å²) in [5.74, 6) is 0.216. The molecular weight excluding hydrogens is 476 g/mol. The number of hydrogen-bond acceptors (Lipinski definition) is 4. The minimum absolute atomic E-state index is 0.0246. The SMILES string of the molecule is COC(=O)c1ccc(CO[Si](c2ccccc2)c2ccccc2)c(OC)c1-c1ccc(C(C)(C)C)cc1. The Kier molecular flexibility index (Phi) is 8.26. The molecule has 0 saturated carbocycles. The van der Waals surface area contributed by atoms with Crippen LogP contribution in [0.15, 0.2) is 97.1 Å². The average Bonchev–Trinajstić information content (AvgIpc) is 2.93. The summed E-state index contributed by atoms with van der Waals surface area (Å²) >= 11 is 0. The van der Waals surface area contributed by atoms with E-state index in [9.17, 15) is 4.79 Å². The third-order valence-corrected chi connectivity index (χ3v) is 8.48. The molecule has 5 heteroatoms. The Labute approximate surface area is 221 Å². The normalized spacial score (nSPS) is 11.4. The summed E-state index contributed by atoms with van der Waals surface area (Å²) in [5.41, 5.74) is 4.18. The number of ether oxygens (including phenoxy) is 2. The second-order valence-corrected chi connectivity index (χ2v) is 12.0. The van der Waals surface area contributed by atoms with Gasteiger partial charge in [0.05, 0.1) is 26.4 Å². The van der Waals surface area contributed by atoms with Gasteiger partial charge in [-0.2, -0.15) is 0 Å². The molecule has 0 saturated heterocycles. The summed E-state index contributed by atoms with van der Waals surface area (Å²) < 4.78 is 17.7. The molecule has 0 heterocycles. The van der Waals surface area contributed by atoms with E-state index in [2.05, 4.69) is 57.2 Å². The van der Waals surface area contributed by atoms with Crippen LogP contribution >= 0.6 is 0 Å². The van der Waals surface area contributed by atoms with Crippen LogP contribution in [-0.4, -0.2) is 29.2 Å². The Morgan fingerprint density at radius 3 is 1.81 bits per heavy atom. The van der Waals surface area contributed by atoms with E-state index in [1.54, 1.807) is 13.2 Å². The zero-order chi connectivity index (χ0) is 26.4. The summed E-state index contributed by atoms with van der Waals surface area (Å²) in [4.78, 5) is 12.7. The maximum atomic E-state index is 12.7. The molecule has 0 N–H and O–H groups in total. The first-order chi connectivity index (χ1) is 17.8. The number of benzene rings is 4. The fourth-order valence-corrected chi connectivity index (χ4v) is 6.30. The van der Waals surface area contributed by atoms with Crippen molar-refractivity contribution < 1.29 is 18.7 Å². The van der Waals surface area contributed by atoms with Crippen LogP contribution in [0.1, 0.15) is 42.3 Å². The molecule has 4 aromatic rings. The van der Waals surface area contributed by atoms with Crippen LogP contribution < -0.4 is 15.1 Å². The van der Waals surface area contributed by atoms with Crippen LogP contribution in [0.25, 0.3) is 11.1 Å². The molecule has 189 valence electrons. The Morgan fingerprint density at radius 2 is 1.32 bits per heavy atom. The molecule has 0 spiro atoms. The van der Waals surface area contributed by atoms with Gasteiger partial charge in [-0.25, -0.2) is 4.79 Å². The lowest BCUT2D eigenvalue weighted by atomic mass is 9.85. The molecule has 4 aromatic carbocycles. The Hall–Kier alpha value is -3.67. The lowest BCUT2D eigenvalue weighted by molar-refractivity contribution is 0.0601. The van der Waals surface area contributed by atoms with Gasteiger partial charge < -0.3 is 13.9 Å². The van der Waals surface area contributed by atoms with Crippen molar-refractivity contribution in [2.45, 2.75) is 32.8 Å². The molecule has 0 unspecified atom stereocenters. The molecule has 0 atom stereocenters. The molecule has 0 aliphatic heterocycles. The van der Waals surface area contributed by atoms with Crippen molar-refractivity contribution in [1.82, 2.24) is 0 Å². The second kappa shape index (κ2) is 11.6. The summed E-state index contributed by atoms with van der Waals surface area (Å²) in [6.07, 6.45) is 0. The quantitative estimate of drug-likeness (QED) is 0.223.